The predicted octanol–water partition coefficient (Wildman–Crippen LogP) is 4.85. The zero-order chi connectivity index (χ0) is 16.8. The van der Waals surface area contributed by atoms with Gasteiger partial charge >= 0.3 is 6.61 Å². The third kappa shape index (κ3) is 4.79. The first kappa shape index (κ1) is 17.0. The van der Waals surface area contributed by atoms with Crippen LogP contribution >= 0.6 is 11.6 Å². The summed E-state index contributed by atoms with van der Waals surface area (Å²) in [6, 6.07) is 11.0. The Balaban J connectivity index is 2.19. The Labute approximate surface area is 137 Å². The van der Waals surface area contributed by atoms with E-state index in [4.69, 9.17) is 16.3 Å². The number of halogens is 3. The van der Waals surface area contributed by atoms with Crippen molar-refractivity contribution in [2.75, 3.05) is 7.11 Å². The first-order valence-electron chi connectivity index (χ1n) is 6.60. The number of allylic oxidation sites excluding steroid dienone is 1. The van der Waals surface area contributed by atoms with Crippen molar-refractivity contribution in [1.29, 1.82) is 0 Å². The molecule has 0 aliphatic carbocycles. The van der Waals surface area contributed by atoms with Gasteiger partial charge in [0.1, 0.15) is 0 Å². The van der Waals surface area contributed by atoms with Gasteiger partial charge in [-0.1, -0.05) is 29.8 Å². The fourth-order valence-corrected chi connectivity index (χ4v) is 2.09. The van der Waals surface area contributed by atoms with Gasteiger partial charge in [-0.3, -0.25) is 4.79 Å². The number of ketones is 1. The molecule has 3 nitrogen and oxygen atoms in total. The number of hydrogen-bond acceptors (Lipinski definition) is 3. The minimum atomic E-state index is -2.96. The van der Waals surface area contributed by atoms with Gasteiger partial charge < -0.3 is 9.47 Å². The van der Waals surface area contributed by atoms with Crippen LogP contribution in [0.3, 0.4) is 0 Å². The Hall–Kier alpha value is -2.40. The molecule has 0 saturated heterocycles. The summed E-state index contributed by atoms with van der Waals surface area (Å²) in [5.74, 6) is -0.364. The molecule has 2 aromatic rings. The van der Waals surface area contributed by atoms with E-state index < -0.39 is 6.61 Å². The summed E-state index contributed by atoms with van der Waals surface area (Å²) < 4.78 is 33.8. The van der Waals surface area contributed by atoms with Crippen molar-refractivity contribution >= 4 is 23.5 Å². The summed E-state index contributed by atoms with van der Waals surface area (Å²) in [5.41, 5.74) is 1.07. The molecule has 0 unspecified atom stereocenters. The third-order valence-corrected chi connectivity index (χ3v) is 3.18. The average Bonchev–Trinajstić information content (AvgIpc) is 2.52. The molecular weight excluding hydrogens is 326 g/mol. The van der Waals surface area contributed by atoms with Gasteiger partial charge in [0.25, 0.3) is 0 Å². The zero-order valence-corrected chi connectivity index (χ0v) is 12.9. The Bertz CT molecular complexity index is 730. The topological polar surface area (TPSA) is 35.5 Å². The summed E-state index contributed by atoms with van der Waals surface area (Å²) in [5, 5.41) is 0.565. The molecule has 0 spiro atoms. The van der Waals surface area contributed by atoms with Crippen molar-refractivity contribution in [3.05, 3.63) is 64.7 Å². The number of rotatable bonds is 6. The molecule has 2 aromatic carbocycles. The van der Waals surface area contributed by atoms with Crippen molar-refractivity contribution in [2.24, 2.45) is 0 Å². The molecule has 6 heteroatoms. The third-order valence-electron chi connectivity index (χ3n) is 2.94. The zero-order valence-electron chi connectivity index (χ0n) is 12.1. The molecule has 0 radical (unpaired) electrons. The normalized spacial score (nSPS) is 11.0. The second-order valence-electron chi connectivity index (χ2n) is 4.50. The second kappa shape index (κ2) is 7.74. The van der Waals surface area contributed by atoms with Crippen LogP contribution in [0.4, 0.5) is 8.78 Å². The lowest BCUT2D eigenvalue weighted by molar-refractivity contribution is -0.0512. The van der Waals surface area contributed by atoms with Gasteiger partial charge in [0.15, 0.2) is 17.3 Å². The van der Waals surface area contributed by atoms with Gasteiger partial charge in [-0.05, 0) is 42.0 Å². The SMILES string of the molecule is COc1cc(C(=O)C=Cc2cccc(Cl)c2)ccc1OC(F)F. The Morgan fingerprint density at radius 1 is 1.17 bits per heavy atom. The number of hydrogen-bond donors (Lipinski definition) is 0. The number of carbonyl (C=O) groups is 1. The van der Waals surface area contributed by atoms with Gasteiger partial charge in [-0.25, -0.2) is 0 Å². The molecule has 0 N–H and O–H groups in total. The van der Waals surface area contributed by atoms with E-state index in [0.29, 0.717) is 10.6 Å². The van der Waals surface area contributed by atoms with Crippen LogP contribution in [0.25, 0.3) is 6.08 Å². The van der Waals surface area contributed by atoms with E-state index in [1.54, 1.807) is 30.3 Å². The summed E-state index contributed by atoms with van der Waals surface area (Å²) in [7, 11) is 1.31. The summed E-state index contributed by atoms with van der Waals surface area (Å²) in [6.07, 6.45) is 2.98. The molecule has 2 rings (SSSR count). The van der Waals surface area contributed by atoms with Gasteiger partial charge in [0.2, 0.25) is 0 Å². The highest BCUT2D eigenvalue weighted by atomic mass is 35.5. The highest BCUT2D eigenvalue weighted by molar-refractivity contribution is 6.30. The van der Waals surface area contributed by atoms with E-state index in [1.807, 2.05) is 0 Å². The molecule has 120 valence electrons. The molecule has 0 aliphatic rings. The quantitative estimate of drug-likeness (QED) is 0.558. The molecule has 0 saturated carbocycles. The molecule has 0 fully saturated rings. The summed E-state index contributed by atoms with van der Waals surface area (Å²) in [4.78, 5) is 12.1. The monoisotopic (exact) mass is 338 g/mol. The van der Waals surface area contributed by atoms with E-state index in [0.717, 1.165) is 5.56 Å². The van der Waals surface area contributed by atoms with E-state index in [9.17, 15) is 13.6 Å². The number of ether oxygens (including phenoxy) is 2. The van der Waals surface area contributed by atoms with Crippen LogP contribution in [-0.4, -0.2) is 19.5 Å². The van der Waals surface area contributed by atoms with Crippen molar-refractivity contribution in [2.45, 2.75) is 6.61 Å². The highest BCUT2D eigenvalue weighted by Crippen LogP contribution is 2.29. The van der Waals surface area contributed by atoms with Crippen molar-refractivity contribution in [3.8, 4) is 11.5 Å². The lowest BCUT2D eigenvalue weighted by atomic mass is 10.1. The fourth-order valence-electron chi connectivity index (χ4n) is 1.89. The minimum Gasteiger partial charge on any atom is -0.493 e. The average molecular weight is 339 g/mol. The van der Waals surface area contributed by atoms with E-state index >= 15 is 0 Å². The standard InChI is InChI=1S/C17H13ClF2O3/c1-22-16-10-12(6-8-15(16)23-17(19)20)14(21)7-5-11-3-2-4-13(18)9-11/h2-10,17H,1H3. The number of methoxy groups -OCH3 is 1. The van der Waals surface area contributed by atoms with Crippen LogP contribution in [0.2, 0.25) is 5.02 Å². The molecule has 0 bridgehead atoms. The highest BCUT2D eigenvalue weighted by Gasteiger charge is 2.13. The van der Waals surface area contributed by atoms with Crippen LogP contribution in [0.1, 0.15) is 15.9 Å². The summed E-state index contributed by atoms with van der Waals surface area (Å²) in [6.45, 7) is -2.96. The van der Waals surface area contributed by atoms with Crippen molar-refractivity contribution in [3.63, 3.8) is 0 Å². The van der Waals surface area contributed by atoms with Crippen LogP contribution < -0.4 is 9.47 Å². The van der Waals surface area contributed by atoms with Crippen molar-refractivity contribution < 1.29 is 23.0 Å². The van der Waals surface area contributed by atoms with E-state index in [2.05, 4.69) is 4.74 Å². The van der Waals surface area contributed by atoms with Crippen LogP contribution in [0.5, 0.6) is 11.5 Å². The second-order valence-corrected chi connectivity index (χ2v) is 4.93. The number of alkyl halides is 2. The lowest BCUT2D eigenvalue weighted by Crippen LogP contribution is -2.04. The molecule has 0 amide bonds. The largest absolute Gasteiger partial charge is 0.493 e. The Morgan fingerprint density at radius 3 is 2.61 bits per heavy atom. The molecular formula is C17H13ClF2O3. The van der Waals surface area contributed by atoms with Crippen molar-refractivity contribution in [1.82, 2.24) is 0 Å². The molecule has 23 heavy (non-hydrogen) atoms. The molecule has 0 aliphatic heterocycles. The number of benzene rings is 2. The van der Waals surface area contributed by atoms with Crippen LogP contribution in [0.15, 0.2) is 48.5 Å². The van der Waals surface area contributed by atoms with Crippen LogP contribution in [-0.2, 0) is 0 Å². The summed E-state index contributed by atoms with van der Waals surface area (Å²) >= 11 is 5.87. The van der Waals surface area contributed by atoms with Gasteiger partial charge in [0.05, 0.1) is 7.11 Å². The maximum Gasteiger partial charge on any atom is 0.387 e. The first-order valence-corrected chi connectivity index (χ1v) is 6.98. The number of carbonyl (C=O) groups excluding carboxylic acids is 1. The molecule has 0 aromatic heterocycles. The van der Waals surface area contributed by atoms with Crippen LogP contribution in [0, 0.1) is 0 Å². The van der Waals surface area contributed by atoms with Gasteiger partial charge in [0, 0.05) is 10.6 Å². The molecule has 0 heterocycles. The molecule has 0 atom stereocenters. The first-order chi connectivity index (χ1) is 11.0. The van der Waals surface area contributed by atoms with E-state index in [1.165, 1.54) is 31.4 Å². The maximum atomic E-state index is 12.3. The van der Waals surface area contributed by atoms with E-state index in [-0.39, 0.29) is 17.3 Å². The lowest BCUT2D eigenvalue weighted by Gasteiger charge is -2.10. The smallest absolute Gasteiger partial charge is 0.387 e. The Kier molecular flexibility index (Phi) is 5.71. The predicted molar refractivity (Wildman–Crippen MR) is 84.4 cm³/mol. The van der Waals surface area contributed by atoms with Gasteiger partial charge in [-0.15, -0.1) is 0 Å². The maximum absolute atomic E-state index is 12.3. The van der Waals surface area contributed by atoms with Gasteiger partial charge in [-0.2, -0.15) is 8.78 Å². The Morgan fingerprint density at radius 2 is 1.96 bits per heavy atom. The minimum absolute atomic E-state index is 0.0623. The fraction of sp³-hybridized carbons (Fsp3) is 0.118.